The molecular weight excluding hydrogens is 192 g/mol. The average molecular weight is 203 g/mol. The number of halogens is 1. The fraction of sp³-hybridized carbons (Fsp3) is 0.500. The number of carbonyl (C=O) groups excluding carboxylic acids is 1. The van der Waals surface area contributed by atoms with Crippen LogP contribution in [0.2, 0.25) is 5.15 Å². The lowest BCUT2D eigenvalue weighted by molar-refractivity contribution is 0.0592. The van der Waals surface area contributed by atoms with Gasteiger partial charge in [-0.15, -0.1) is 0 Å². The van der Waals surface area contributed by atoms with E-state index in [4.69, 9.17) is 11.6 Å². The van der Waals surface area contributed by atoms with Crippen LogP contribution >= 0.6 is 11.6 Å². The minimum atomic E-state index is -0.445. The summed E-state index contributed by atoms with van der Waals surface area (Å²) in [6.07, 6.45) is 0.664. The molecule has 0 aliphatic carbocycles. The third kappa shape index (κ3) is 1.67. The Kier molecular flexibility index (Phi) is 2.93. The van der Waals surface area contributed by atoms with Crippen LogP contribution in [-0.4, -0.2) is 22.9 Å². The van der Waals surface area contributed by atoms with Crippen molar-refractivity contribution in [1.82, 2.24) is 9.78 Å². The molecule has 72 valence electrons. The molecule has 0 aliphatic rings. The highest BCUT2D eigenvalue weighted by molar-refractivity contribution is 6.30. The third-order valence-corrected chi connectivity index (χ3v) is 2.27. The molecule has 1 aromatic heterocycles. The summed E-state index contributed by atoms with van der Waals surface area (Å²) in [6.45, 7) is 1.91. The molecule has 0 bridgehead atoms. The summed E-state index contributed by atoms with van der Waals surface area (Å²) in [6, 6.07) is 0. The van der Waals surface area contributed by atoms with Gasteiger partial charge in [0.1, 0.15) is 5.15 Å². The van der Waals surface area contributed by atoms with E-state index in [1.54, 1.807) is 7.05 Å². The van der Waals surface area contributed by atoms with Crippen LogP contribution in [-0.2, 0) is 18.2 Å². The zero-order chi connectivity index (χ0) is 10.0. The van der Waals surface area contributed by atoms with Gasteiger partial charge < -0.3 is 4.74 Å². The molecule has 0 radical (unpaired) electrons. The number of methoxy groups -OCH3 is 1. The standard InChI is InChI=1S/C8H11ClN2O2/c1-4-5-6(8(12)13-3)10-11(2)7(5)9/h4H2,1-3H3. The van der Waals surface area contributed by atoms with Gasteiger partial charge in [0.25, 0.3) is 0 Å². The van der Waals surface area contributed by atoms with Gasteiger partial charge in [0.05, 0.1) is 7.11 Å². The van der Waals surface area contributed by atoms with E-state index in [2.05, 4.69) is 9.84 Å². The maximum atomic E-state index is 11.2. The van der Waals surface area contributed by atoms with Gasteiger partial charge in [-0.1, -0.05) is 18.5 Å². The number of carbonyl (C=O) groups is 1. The summed E-state index contributed by atoms with van der Waals surface area (Å²) in [4.78, 5) is 11.2. The van der Waals surface area contributed by atoms with E-state index in [0.717, 1.165) is 5.56 Å². The summed E-state index contributed by atoms with van der Waals surface area (Å²) >= 11 is 5.91. The first-order valence-electron chi connectivity index (χ1n) is 3.91. The molecule has 13 heavy (non-hydrogen) atoms. The number of rotatable bonds is 2. The number of ether oxygens (including phenoxy) is 1. The summed E-state index contributed by atoms with van der Waals surface area (Å²) in [5.41, 5.74) is 1.04. The molecule has 0 fully saturated rings. The molecule has 0 saturated carbocycles. The fourth-order valence-electron chi connectivity index (χ4n) is 1.12. The molecule has 0 spiro atoms. The normalized spacial score (nSPS) is 10.2. The van der Waals surface area contributed by atoms with Gasteiger partial charge in [-0.05, 0) is 6.42 Å². The number of nitrogens with zero attached hydrogens (tertiary/aromatic N) is 2. The van der Waals surface area contributed by atoms with Gasteiger partial charge in [-0.25, -0.2) is 4.79 Å². The van der Waals surface area contributed by atoms with Crippen LogP contribution < -0.4 is 0 Å². The zero-order valence-electron chi connectivity index (χ0n) is 7.80. The number of aryl methyl sites for hydroxylation is 1. The highest BCUT2D eigenvalue weighted by atomic mass is 35.5. The molecule has 0 atom stereocenters. The van der Waals surface area contributed by atoms with Crippen molar-refractivity contribution < 1.29 is 9.53 Å². The number of aromatic nitrogens is 2. The monoisotopic (exact) mass is 202 g/mol. The van der Waals surface area contributed by atoms with Gasteiger partial charge in [0, 0.05) is 12.6 Å². The second-order valence-electron chi connectivity index (χ2n) is 2.59. The Balaban J connectivity index is 3.21. The lowest BCUT2D eigenvalue weighted by Crippen LogP contribution is -2.05. The van der Waals surface area contributed by atoms with E-state index in [1.807, 2.05) is 6.92 Å². The third-order valence-electron chi connectivity index (χ3n) is 1.80. The summed E-state index contributed by atoms with van der Waals surface area (Å²) in [5.74, 6) is -0.445. The van der Waals surface area contributed by atoms with Crippen molar-refractivity contribution in [2.45, 2.75) is 13.3 Å². The van der Waals surface area contributed by atoms with Crippen molar-refractivity contribution in [3.63, 3.8) is 0 Å². The van der Waals surface area contributed by atoms with E-state index in [9.17, 15) is 4.79 Å². The van der Waals surface area contributed by atoms with Crippen LogP contribution in [0, 0.1) is 0 Å². The SMILES string of the molecule is CCc1c(C(=O)OC)nn(C)c1Cl. The van der Waals surface area contributed by atoms with Crippen LogP contribution in [0.1, 0.15) is 23.0 Å². The van der Waals surface area contributed by atoms with E-state index >= 15 is 0 Å². The Morgan fingerprint density at radius 2 is 2.31 bits per heavy atom. The molecule has 0 N–H and O–H groups in total. The molecular formula is C8H11ClN2O2. The molecule has 0 saturated heterocycles. The Labute approximate surface area is 81.4 Å². The maximum absolute atomic E-state index is 11.2. The van der Waals surface area contributed by atoms with Gasteiger partial charge in [0.2, 0.25) is 0 Å². The topological polar surface area (TPSA) is 44.1 Å². The van der Waals surface area contributed by atoms with Crippen molar-refractivity contribution in [3.05, 3.63) is 16.4 Å². The molecule has 4 nitrogen and oxygen atoms in total. The van der Waals surface area contributed by atoms with Crippen LogP contribution in [0.5, 0.6) is 0 Å². The second kappa shape index (κ2) is 3.79. The van der Waals surface area contributed by atoms with E-state index in [-0.39, 0.29) is 0 Å². The zero-order valence-corrected chi connectivity index (χ0v) is 8.55. The maximum Gasteiger partial charge on any atom is 0.358 e. The van der Waals surface area contributed by atoms with Crippen LogP contribution in [0.15, 0.2) is 0 Å². The fourth-order valence-corrected chi connectivity index (χ4v) is 1.38. The Morgan fingerprint density at radius 1 is 1.69 bits per heavy atom. The van der Waals surface area contributed by atoms with Crippen LogP contribution in [0.4, 0.5) is 0 Å². The van der Waals surface area contributed by atoms with Crippen molar-refractivity contribution in [3.8, 4) is 0 Å². The molecule has 5 heteroatoms. The van der Waals surface area contributed by atoms with Crippen LogP contribution in [0.25, 0.3) is 0 Å². The second-order valence-corrected chi connectivity index (χ2v) is 2.94. The van der Waals surface area contributed by atoms with Gasteiger partial charge in [-0.2, -0.15) is 5.10 Å². The summed E-state index contributed by atoms with van der Waals surface area (Å²) < 4.78 is 6.04. The number of hydrogen-bond donors (Lipinski definition) is 0. The molecule has 1 rings (SSSR count). The first-order chi connectivity index (χ1) is 6.11. The van der Waals surface area contributed by atoms with Crippen molar-refractivity contribution in [2.24, 2.45) is 7.05 Å². The molecule has 1 aromatic rings. The quantitative estimate of drug-likeness (QED) is 0.682. The number of hydrogen-bond acceptors (Lipinski definition) is 3. The predicted octanol–water partition coefficient (Wildman–Crippen LogP) is 1.42. The molecule has 0 aromatic carbocycles. The lowest BCUT2D eigenvalue weighted by Gasteiger charge is -1.96. The van der Waals surface area contributed by atoms with E-state index in [1.165, 1.54) is 11.8 Å². The first kappa shape index (κ1) is 10.1. The van der Waals surface area contributed by atoms with Crippen molar-refractivity contribution >= 4 is 17.6 Å². The minimum Gasteiger partial charge on any atom is -0.464 e. The summed E-state index contributed by atoms with van der Waals surface area (Å²) in [7, 11) is 3.01. The predicted molar refractivity (Wildman–Crippen MR) is 48.9 cm³/mol. The highest BCUT2D eigenvalue weighted by Crippen LogP contribution is 2.20. The molecule has 0 amide bonds. The molecule has 1 heterocycles. The number of esters is 1. The smallest absolute Gasteiger partial charge is 0.358 e. The molecule has 0 unspecified atom stereocenters. The van der Waals surface area contributed by atoms with Crippen molar-refractivity contribution in [1.29, 1.82) is 0 Å². The van der Waals surface area contributed by atoms with Crippen LogP contribution in [0.3, 0.4) is 0 Å². The van der Waals surface area contributed by atoms with Gasteiger partial charge in [0.15, 0.2) is 5.69 Å². The largest absolute Gasteiger partial charge is 0.464 e. The Bertz CT molecular complexity index is 333. The Morgan fingerprint density at radius 3 is 2.77 bits per heavy atom. The molecule has 0 aliphatic heterocycles. The first-order valence-corrected chi connectivity index (χ1v) is 4.29. The van der Waals surface area contributed by atoms with Gasteiger partial charge in [-0.3, -0.25) is 4.68 Å². The minimum absolute atomic E-state index is 0.303. The summed E-state index contributed by atoms with van der Waals surface area (Å²) in [5, 5.41) is 4.45. The van der Waals surface area contributed by atoms with Gasteiger partial charge >= 0.3 is 5.97 Å². The van der Waals surface area contributed by atoms with E-state index in [0.29, 0.717) is 17.3 Å². The lowest BCUT2D eigenvalue weighted by atomic mass is 10.2. The van der Waals surface area contributed by atoms with Crippen molar-refractivity contribution in [2.75, 3.05) is 7.11 Å². The average Bonchev–Trinajstić information content (AvgIpc) is 2.42. The highest BCUT2D eigenvalue weighted by Gasteiger charge is 2.19. The van der Waals surface area contributed by atoms with E-state index < -0.39 is 5.97 Å². The Hall–Kier alpha value is -1.03.